The summed E-state index contributed by atoms with van der Waals surface area (Å²) in [5.74, 6) is -0.0775. The Labute approximate surface area is 231 Å². The van der Waals surface area contributed by atoms with Gasteiger partial charge in [0.25, 0.3) is 0 Å². The fraction of sp³-hybridized carbons (Fsp3) is 0.394. The molecule has 1 aliphatic rings. The van der Waals surface area contributed by atoms with Crippen molar-refractivity contribution in [3.8, 4) is 16.9 Å². The Morgan fingerprint density at radius 1 is 0.872 bits per heavy atom. The number of amides is 1. The van der Waals surface area contributed by atoms with Crippen molar-refractivity contribution in [3.63, 3.8) is 0 Å². The number of ether oxygens (including phenoxy) is 2. The average molecular weight is 530 g/mol. The highest BCUT2D eigenvalue weighted by molar-refractivity contribution is 5.79. The van der Waals surface area contributed by atoms with Gasteiger partial charge < -0.3 is 19.9 Å². The van der Waals surface area contributed by atoms with Crippen LogP contribution in [0.5, 0.6) is 5.75 Å². The average Bonchev–Trinajstić information content (AvgIpc) is 3.26. The van der Waals surface area contributed by atoms with Crippen LogP contribution >= 0.6 is 0 Å². The van der Waals surface area contributed by atoms with Crippen molar-refractivity contribution in [2.75, 3.05) is 13.2 Å². The van der Waals surface area contributed by atoms with Crippen LogP contribution in [0.4, 0.5) is 4.79 Å². The van der Waals surface area contributed by atoms with Gasteiger partial charge in [0.05, 0.1) is 13.0 Å². The standard InChI is InChI=1S/C33H39NO5/c1-2-3-10-21-38-26-19-17-24(18-20-26)11-4-5-12-25(22-32(35)36)34-33(37)39-23-31-29-15-8-6-13-27(29)28-14-7-9-16-30(28)31/h6-9,13-20,25,31H,2-5,10-12,21-23H2,1H3,(H,34,37)(H,35,36)/t25-/m1/s1. The van der Waals surface area contributed by atoms with Crippen LogP contribution in [0.2, 0.25) is 0 Å². The third-order valence-corrected chi connectivity index (χ3v) is 7.29. The minimum absolute atomic E-state index is 0.0331. The van der Waals surface area contributed by atoms with Crippen molar-refractivity contribution in [2.24, 2.45) is 0 Å². The molecule has 0 spiro atoms. The Morgan fingerprint density at radius 2 is 1.54 bits per heavy atom. The number of alkyl carbamates (subject to hydrolysis) is 1. The topological polar surface area (TPSA) is 84.9 Å². The normalized spacial score (nSPS) is 12.8. The summed E-state index contributed by atoms with van der Waals surface area (Å²) in [7, 11) is 0. The largest absolute Gasteiger partial charge is 0.494 e. The van der Waals surface area contributed by atoms with Gasteiger partial charge in [-0.1, -0.05) is 86.8 Å². The SMILES string of the molecule is CCCCCOc1ccc(CCCC[C@H](CC(=O)O)NC(=O)OCC2c3ccccc3-c3ccccc32)cc1. The fourth-order valence-electron chi connectivity index (χ4n) is 5.26. The second-order valence-corrected chi connectivity index (χ2v) is 10.2. The van der Waals surface area contributed by atoms with E-state index >= 15 is 0 Å². The molecule has 0 aromatic heterocycles. The Morgan fingerprint density at radius 3 is 2.18 bits per heavy atom. The number of nitrogens with one attached hydrogen (secondary N) is 1. The summed E-state index contributed by atoms with van der Waals surface area (Å²) in [5.41, 5.74) is 5.84. The first kappa shape index (κ1) is 28.2. The van der Waals surface area contributed by atoms with Crippen LogP contribution in [0.15, 0.2) is 72.8 Å². The fourth-order valence-corrected chi connectivity index (χ4v) is 5.26. The molecular weight excluding hydrogens is 490 g/mol. The Kier molecular flexibility index (Phi) is 10.4. The van der Waals surface area contributed by atoms with Crippen molar-refractivity contribution in [3.05, 3.63) is 89.5 Å². The maximum atomic E-state index is 12.7. The Balaban J connectivity index is 1.22. The van der Waals surface area contributed by atoms with E-state index in [0.29, 0.717) is 6.42 Å². The molecule has 2 N–H and O–H groups in total. The molecule has 39 heavy (non-hydrogen) atoms. The number of hydrogen-bond donors (Lipinski definition) is 2. The lowest BCUT2D eigenvalue weighted by molar-refractivity contribution is -0.137. The first-order valence-corrected chi connectivity index (χ1v) is 14.1. The lowest BCUT2D eigenvalue weighted by Gasteiger charge is -2.19. The molecule has 0 unspecified atom stereocenters. The Bertz CT molecular complexity index is 1180. The van der Waals surface area contributed by atoms with Gasteiger partial charge in [-0.05, 0) is 65.6 Å². The summed E-state index contributed by atoms with van der Waals surface area (Å²) in [4.78, 5) is 24.1. The number of benzene rings is 3. The molecule has 6 nitrogen and oxygen atoms in total. The van der Waals surface area contributed by atoms with E-state index in [-0.39, 0.29) is 18.9 Å². The molecule has 1 amide bonds. The van der Waals surface area contributed by atoms with Crippen LogP contribution in [0.3, 0.4) is 0 Å². The minimum Gasteiger partial charge on any atom is -0.494 e. The van der Waals surface area contributed by atoms with Gasteiger partial charge in [-0.2, -0.15) is 0 Å². The Hall–Kier alpha value is -3.80. The molecule has 0 saturated heterocycles. The summed E-state index contributed by atoms with van der Waals surface area (Å²) in [6.07, 6.45) is 5.89. The smallest absolute Gasteiger partial charge is 0.407 e. The van der Waals surface area contributed by atoms with Gasteiger partial charge in [-0.3, -0.25) is 4.79 Å². The number of unbranched alkanes of at least 4 members (excludes halogenated alkanes) is 3. The van der Waals surface area contributed by atoms with E-state index in [1.807, 2.05) is 36.4 Å². The van der Waals surface area contributed by atoms with Crippen LogP contribution in [0, 0.1) is 0 Å². The van der Waals surface area contributed by atoms with Crippen LogP contribution in [-0.4, -0.2) is 36.4 Å². The molecular formula is C33H39NO5. The second-order valence-electron chi connectivity index (χ2n) is 10.2. The van der Waals surface area contributed by atoms with Crippen LogP contribution in [0.1, 0.15) is 74.5 Å². The second kappa shape index (κ2) is 14.4. The number of aryl methyl sites for hydroxylation is 1. The van der Waals surface area contributed by atoms with Gasteiger partial charge in [-0.25, -0.2) is 4.79 Å². The maximum absolute atomic E-state index is 12.7. The molecule has 1 atom stereocenters. The van der Waals surface area contributed by atoms with Crippen LogP contribution < -0.4 is 10.1 Å². The number of rotatable bonds is 15. The molecule has 0 saturated carbocycles. The van der Waals surface area contributed by atoms with Gasteiger partial charge >= 0.3 is 12.1 Å². The molecule has 0 bridgehead atoms. The van der Waals surface area contributed by atoms with Crippen LogP contribution in [0.25, 0.3) is 11.1 Å². The van der Waals surface area contributed by atoms with Crippen molar-refractivity contribution in [1.29, 1.82) is 0 Å². The molecule has 1 aliphatic carbocycles. The highest BCUT2D eigenvalue weighted by atomic mass is 16.5. The van der Waals surface area contributed by atoms with Crippen LogP contribution in [-0.2, 0) is 16.0 Å². The van der Waals surface area contributed by atoms with Crippen molar-refractivity contribution in [1.82, 2.24) is 5.32 Å². The molecule has 0 fully saturated rings. The van der Waals surface area contributed by atoms with E-state index < -0.39 is 18.1 Å². The van der Waals surface area contributed by atoms with E-state index in [4.69, 9.17) is 9.47 Å². The molecule has 4 rings (SSSR count). The zero-order valence-corrected chi connectivity index (χ0v) is 22.7. The van der Waals surface area contributed by atoms with Gasteiger partial charge in [0.15, 0.2) is 0 Å². The van der Waals surface area contributed by atoms with Gasteiger partial charge in [-0.15, -0.1) is 0 Å². The summed E-state index contributed by atoms with van der Waals surface area (Å²) in [5, 5.41) is 12.2. The molecule has 3 aromatic carbocycles. The molecule has 0 heterocycles. The number of carbonyl (C=O) groups is 2. The first-order valence-electron chi connectivity index (χ1n) is 14.1. The van der Waals surface area contributed by atoms with Crippen molar-refractivity contribution >= 4 is 12.1 Å². The summed E-state index contributed by atoms with van der Waals surface area (Å²) in [6, 6.07) is 24.1. The molecule has 206 valence electrons. The lowest BCUT2D eigenvalue weighted by Crippen LogP contribution is -2.37. The van der Waals surface area contributed by atoms with Crippen molar-refractivity contribution in [2.45, 2.75) is 70.3 Å². The van der Waals surface area contributed by atoms with E-state index in [1.54, 1.807) is 0 Å². The predicted octanol–water partition coefficient (Wildman–Crippen LogP) is 7.35. The number of carbonyl (C=O) groups excluding carboxylic acids is 1. The zero-order valence-electron chi connectivity index (χ0n) is 22.7. The van der Waals surface area contributed by atoms with E-state index in [1.165, 1.54) is 29.5 Å². The van der Waals surface area contributed by atoms with Gasteiger partial charge in [0.2, 0.25) is 0 Å². The van der Waals surface area contributed by atoms with Gasteiger partial charge in [0.1, 0.15) is 12.4 Å². The number of fused-ring (bicyclic) bond motifs is 3. The quantitative estimate of drug-likeness (QED) is 0.201. The zero-order chi connectivity index (χ0) is 27.5. The first-order chi connectivity index (χ1) is 19.0. The third-order valence-electron chi connectivity index (χ3n) is 7.29. The molecule has 3 aromatic rings. The number of hydrogen-bond acceptors (Lipinski definition) is 4. The third kappa shape index (κ3) is 8.09. The highest BCUT2D eigenvalue weighted by Gasteiger charge is 2.29. The lowest BCUT2D eigenvalue weighted by atomic mass is 9.98. The van der Waals surface area contributed by atoms with E-state index in [0.717, 1.165) is 49.2 Å². The predicted molar refractivity (Wildman–Crippen MR) is 153 cm³/mol. The van der Waals surface area contributed by atoms with E-state index in [9.17, 15) is 14.7 Å². The molecule has 0 radical (unpaired) electrons. The summed E-state index contributed by atoms with van der Waals surface area (Å²) >= 11 is 0. The number of carboxylic acid groups (broad SMARTS) is 1. The number of aliphatic carboxylic acids is 1. The highest BCUT2D eigenvalue weighted by Crippen LogP contribution is 2.44. The summed E-state index contributed by atoms with van der Waals surface area (Å²) in [6.45, 7) is 3.13. The minimum atomic E-state index is -0.937. The number of carboxylic acids is 1. The van der Waals surface area contributed by atoms with Crippen molar-refractivity contribution < 1.29 is 24.2 Å². The monoisotopic (exact) mass is 529 g/mol. The molecule has 0 aliphatic heterocycles. The van der Waals surface area contributed by atoms with Gasteiger partial charge in [0, 0.05) is 12.0 Å². The van der Waals surface area contributed by atoms with E-state index in [2.05, 4.69) is 48.6 Å². The summed E-state index contributed by atoms with van der Waals surface area (Å²) < 4.78 is 11.4. The maximum Gasteiger partial charge on any atom is 0.407 e. The molecule has 6 heteroatoms.